The van der Waals surface area contributed by atoms with Crippen molar-refractivity contribution in [2.75, 3.05) is 18.1 Å². The molecule has 2 heterocycles. The van der Waals surface area contributed by atoms with Crippen LogP contribution in [-0.4, -0.2) is 27.6 Å². The molecule has 1 aromatic carbocycles. The SMILES string of the molecule is CC(C)n1c(C2CSCCN2)nc2cccc(Cl)c21. The summed E-state index contributed by atoms with van der Waals surface area (Å²) in [5.41, 5.74) is 2.06. The van der Waals surface area contributed by atoms with Crippen LogP contribution < -0.4 is 5.32 Å². The van der Waals surface area contributed by atoms with Crippen molar-refractivity contribution in [1.82, 2.24) is 14.9 Å². The molecule has 0 bridgehead atoms. The minimum Gasteiger partial charge on any atom is -0.323 e. The second-order valence-corrected chi connectivity index (χ2v) is 6.68. The van der Waals surface area contributed by atoms with E-state index in [9.17, 15) is 0 Å². The van der Waals surface area contributed by atoms with Gasteiger partial charge in [-0.2, -0.15) is 11.8 Å². The molecule has 0 saturated carbocycles. The van der Waals surface area contributed by atoms with Gasteiger partial charge in [0.25, 0.3) is 0 Å². The van der Waals surface area contributed by atoms with Crippen molar-refractivity contribution < 1.29 is 0 Å². The van der Waals surface area contributed by atoms with Crippen LogP contribution in [0.25, 0.3) is 11.0 Å². The molecular formula is C14H18ClN3S. The van der Waals surface area contributed by atoms with E-state index in [1.807, 2.05) is 30.0 Å². The highest BCUT2D eigenvalue weighted by molar-refractivity contribution is 7.99. The van der Waals surface area contributed by atoms with Crippen LogP contribution in [0.5, 0.6) is 0 Å². The Bertz CT molecular complexity index is 588. The summed E-state index contributed by atoms with van der Waals surface area (Å²) < 4.78 is 2.28. The first-order valence-electron chi connectivity index (χ1n) is 6.66. The summed E-state index contributed by atoms with van der Waals surface area (Å²) >= 11 is 8.36. The minimum absolute atomic E-state index is 0.324. The van der Waals surface area contributed by atoms with Gasteiger partial charge in [0.05, 0.1) is 22.1 Å². The predicted molar refractivity (Wildman–Crippen MR) is 83.2 cm³/mol. The second kappa shape index (κ2) is 5.35. The molecule has 0 aliphatic carbocycles. The van der Waals surface area contributed by atoms with Crippen molar-refractivity contribution in [2.24, 2.45) is 0 Å². The third-order valence-corrected chi connectivity index (χ3v) is 4.80. The highest BCUT2D eigenvalue weighted by atomic mass is 35.5. The van der Waals surface area contributed by atoms with Crippen LogP contribution in [0.1, 0.15) is 31.8 Å². The number of hydrogen-bond acceptors (Lipinski definition) is 3. The first-order chi connectivity index (χ1) is 9.18. The standard InChI is InChI=1S/C14H18ClN3S/c1-9(2)18-13-10(15)4-3-5-11(13)17-14(18)12-8-19-7-6-16-12/h3-5,9,12,16H,6-8H2,1-2H3. The quantitative estimate of drug-likeness (QED) is 0.917. The van der Waals surface area contributed by atoms with Crippen LogP contribution in [0, 0.1) is 0 Å². The zero-order chi connectivity index (χ0) is 13.4. The average molecular weight is 296 g/mol. The number of fused-ring (bicyclic) bond motifs is 1. The molecule has 3 rings (SSSR count). The van der Waals surface area contributed by atoms with Gasteiger partial charge in [0.15, 0.2) is 0 Å². The molecule has 1 aliphatic rings. The predicted octanol–water partition coefficient (Wildman–Crippen LogP) is 3.65. The summed E-state index contributed by atoms with van der Waals surface area (Å²) in [5.74, 6) is 3.37. The lowest BCUT2D eigenvalue weighted by molar-refractivity contribution is 0.501. The van der Waals surface area contributed by atoms with E-state index in [-0.39, 0.29) is 0 Å². The Kier molecular flexibility index (Phi) is 3.74. The Morgan fingerprint density at radius 3 is 3.00 bits per heavy atom. The van der Waals surface area contributed by atoms with Crippen molar-refractivity contribution in [2.45, 2.75) is 25.9 Å². The third-order valence-electron chi connectivity index (χ3n) is 3.44. The molecule has 1 aliphatic heterocycles. The van der Waals surface area contributed by atoms with Crippen LogP contribution in [0.2, 0.25) is 5.02 Å². The molecule has 5 heteroatoms. The monoisotopic (exact) mass is 295 g/mol. The van der Waals surface area contributed by atoms with E-state index < -0.39 is 0 Å². The molecule has 1 unspecified atom stereocenters. The highest BCUT2D eigenvalue weighted by Gasteiger charge is 2.24. The molecule has 1 saturated heterocycles. The van der Waals surface area contributed by atoms with Gasteiger partial charge in [0, 0.05) is 24.1 Å². The Morgan fingerprint density at radius 2 is 2.32 bits per heavy atom. The number of halogens is 1. The first-order valence-corrected chi connectivity index (χ1v) is 8.19. The van der Waals surface area contributed by atoms with Gasteiger partial charge in [-0.15, -0.1) is 0 Å². The molecule has 1 fully saturated rings. The van der Waals surface area contributed by atoms with Crippen LogP contribution in [-0.2, 0) is 0 Å². The van der Waals surface area contributed by atoms with Gasteiger partial charge >= 0.3 is 0 Å². The Morgan fingerprint density at radius 1 is 1.47 bits per heavy atom. The molecule has 1 aromatic heterocycles. The van der Waals surface area contributed by atoms with Gasteiger partial charge in [-0.3, -0.25) is 0 Å². The smallest absolute Gasteiger partial charge is 0.128 e. The van der Waals surface area contributed by atoms with Crippen molar-refractivity contribution in [3.8, 4) is 0 Å². The van der Waals surface area contributed by atoms with E-state index >= 15 is 0 Å². The maximum Gasteiger partial charge on any atom is 0.128 e. The lowest BCUT2D eigenvalue weighted by atomic mass is 10.2. The molecule has 3 nitrogen and oxygen atoms in total. The fraction of sp³-hybridized carbons (Fsp3) is 0.500. The number of aromatic nitrogens is 2. The van der Waals surface area contributed by atoms with Crippen LogP contribution >= 0.6 is 23.4 Å². The van der Waals surface area contributed by atoms with Crippen LogP contribution in [0.3, 0.4) is 0 Å². The largest absolute Gasteiger partial charge is 0.323 e. The van der Waals surface area contributed by atoms with Gasteiger partial charge < -0.3 is 9.88 Å². The number of rotatable bonds is 2. The number of para-hydroxylation sites is 1. The van der Waals surface area contributed by atoms with E-state index in [1.54, 1.807) is 0 Å². The van der Waals surface area contributed by atoms with Gasteiger partial charge in [0.1, 0.15) is 5.82 Å². The van der Waals surface area contributed by atoms with Crippen molar-refractivity contribution in [1.29, 1.82) is 0 Å². The summed E-state index contributed by atoms with van der Waals surface area (Å²) in [5, 5.41) is 4.35. The molecular weight excluding hydrogens is 278 g/mol. The number of thioether (sulfide) groups is 1. The zero-order valence-corrected chi connectivity index (χ0v) is 12.8. The van der Waals surface area contributed by atoms with Gasteiger partial charge in [0.2, 0.25) is 0 Å². The molecule has 0 spiro atoms. The summed E-state index contributed by atoms with van der Waals surface area (Å²) in [7, 11) is 0. The molecule has 1 N–H and O–H groups in total. The Labute approximate surface area is 122 Å². The number of nitrogens with zero attached hydrogens (tertiary/aromatic N) is 2. The molecule has 102 valence electrons. The third kappa shape index (κ3) is 2.37. The summed E-state index contributed by atoms with van der Waals surface area (Å²) in [6.07, 6.45) is 0. The second-order valence-electron chi connectivity index (χ2n) is 5.12. The van der Waals surface area contributed by atoms with Gasteiger partial charge in [-0.25, -0.2) is 4.98 Å². The Hall–Kier alpha value is -0.710. The fourth-order valence-corrected chi connectivity index (χ4v) is 3.82. The molecule has 1 atom stereocenters. The first kappa shape index (κ1) is 13.3. The van der Waals surface area contributed by atoms with Gasteiger partial charge in [-0.1, -0.05) is 17.7 Å². The van der Waals surface area contributed by atoms with Crippen LogP contribution in [0.4, 0.5) is 0 Å². The zero-order valence-electron chi connectivity index (χ0n) is 11.2. The summed E-state index contributed by atoms with van der Waals surface area (Å²) in [6.45, 7) is 5.41. The number of benzene rings is 1. The number of hydrogen-bond donors (Lipinski definition) is 1. The van der Waals surface area contributed by atoms with E-state index in [4.69, 9.17) is 16.6 Å². The molecule has 19 heavy (non-hydrogen) atoms. The van der Waals surface area contributed by atoms with Crippen LogP contribution in [0.15, 0.2) is 18.2 Å². The molecule has 0 radical (unpaired) electrons. The minimum atomic E-state index is 0.324. The topological polar surface area (TPSA) is 29.9 Å². The highest BCUT2D eigenvalue weighted by Crippen LogP contribution is 2.31. The molecule has 0 amide bonds. The maximum atomic E-state index is 6.37. The van der Waals surface area contributed by atoms with Crippen molar-refractivity contribution >= 4 is 34.4 Å². The van der Waals surface area contributed by atoms with E-state index in [1.165, 1.54) is 5.75 Å². The average Bonchev–Trinajstić information content (AvgIpc) is 2.81. The van der Waals surface area contributed by atoms with Gasteiger partial charge in [-0.05, 0) is 26.0 Å². The van der Waals surface area contributed by atoms with E-state index in [0.717, 1.165) is 34.2 Å². The van der Waals surface area contributed by atoms with E-state index in [0.29, 0.717) is 12.1 Å². The molecule has 2 aromatic rings. The summed E-state index contributed by atoms with van der Waals surface area (Å²) in [4.78, 5) is 4.82. The van der Waals surface area contributed by atoms with E-state index in [2.05, 4.69) is 23.7 Å². The van der Waals surface area contributed by atoms with Crippen molar-refractivity contribution in [3.05, 3.63) is 29.0 Å². The Balaban J connectivity index is 2.17. The fourth-order valence-electron chi connectivity index (χ4n) is 2.62. The lowest BCUT2D eigenvalue weighted by Crippen LogP contribution is -2.32. The number of nitrogens with one attached hydrogen (secondary N) is 1. The normalized spacial score (nSPS) is 20.3. The summed E-state index contributed by atoms with van der Waals surface area (Å²) in [6, 6.07) is 6.63. The van der Waals surface area contributed by atoms with Crippen molar-refractivity contribution in [3.63, 3.8) is 0 Å². The maximum absolute atomic E-state index is 6.37. The lowest BCUT2D eigenvalue weighted by Gasteiger charge is -2.25. The number of imidazole rings is 1.